The Hall–Kier alpha value is -1.94. The first-order chi connectivity index (χ1) is 45.6. The van der Waals surface area contributed by atoms with Crippen molar-refractivity contribution in [2.24, 2.45) is 23.7 Å². The molecule has 0 amide bonds. The van der Waals surface area contributed by atoms with Crippen molar-refractivity contribution in [1.29, 1.82) is 0 Å². The molecule has 0 aliphatic carbocycles. The molecule has 95 heavy (non-hydrogen) atoms. The average Bonchev–Trinajstić information content (AvgIpc) is 1.39. The first kappa shape index (κ1) is 93.1. The molecular formula is C76H148O17P2. The minimum atomic E-state index is -4.96. The van der Waals surface area contributed by atoms with E-state index in [1.807, 2.05) is 0 Å². The number of aliphatic hydroxyl groups is 1. The molecule has 564 valence electrons. The van der Waals surface area contributed by atoms with E-state index >= 15 is 0 Å². The Morgan fingerprint density at radius 2 is 0.505 bits per heavy atom. The first-order valence-corrected chi connectivity index (χ1v) is 42.2. The molecule has 0 saturated heterocycles. The number of phosphoric ester groups is 2. The SMILES string of the molecule is CCC(C)CCCCCCCCCCC(=O)O[C@H](COC(=O)CCCCCCCCCCCCCC(C)C)COP(=O)(O)OCC(O)COP(=O)(O)OC[C@@H](COC(=O)CCCCCCCCCC(C)C)OC(=O)CCCCCCCCCCCCCCCCCCC(C)C. The van der Waals surface area contributed by atoms with Gasteiger partial charge in [0, 0.05) is 25.7 Å². The second-order valence-corrected chi connectivity index (χ2v) is 32.0. The number of hydrogen-bond donors (Lipinski definition) is 3. The summed E-state index contributed by atoms with van der Waals surface area (Å²) < 4.78 is 68.5. The number of ether oxygens (including phenoxy) is 4. The molecule has 0 aromatic rings. The highest BCUT2D eigenvalue weighted by atomic mass is 31.2. The van der Waals surface area contributed by atoms with E-state index in [9.17, 15) is 43.2 Å². The molecule has 0 bridgehead atoms. The molecule has 0 aliphatic heterocycles. The van der Waals surface area contributed by atoms with Crippen LogP contribution in [0.4, 0.5) is 0 Å². The number of phosphoric acid groups is 2. The van der Waals surface area contributed by atoms with E-state index in [0.717, 1.165) is 114 Å². The van der Waals surface area contributed by atoms with Crippen molar-refractivity contribution in [3.8, 4) is 0 Å². The van der Waals surface area contributed by atoms with Crippen molar-refractivity contribution in [1.82, 2.24) is 0 Å². The van der Waals surface area contributed by atoms with Gasteiger partial charge < -0.3 is 33.8 Å². The summed E-state index contributed by atoms with van der Waals surface area (Å²) in [5, 5.41) is 10.6. The number of unbranched alkanes of at least 4 members (excludes halogenated alkanes) is 38. The van der Waals surface area contributed by atoms with Crippen molar-refractivity contribution >= 4 is 39.5 Å². The van der Waals surface area contributed by atoms with Crippen LogP contribution in [-0.4, -0.2) is 96.7 Å². The molecule has 0 radical (unpaired) electrons. The summed E-state index contributed by atoms with van der Waals surface area (Å²) in [6, 6.07) is 0. The van der Waals surface area contributed by atoms with E-state index in [1.165, 1.54) is 180 Å². The number of carbonyl (C=O) groups is 4. The average molecular weight is 1400 g/mol. The highest BCUT2D eigenvalue weighted by Gasteiger charge is 2.30. The summed E-state index contributed by atoms with van der Waals surface area (Å²) in [4.78, 5) is 72.8. The Bertz CT molecular complexity index is 1870. The molecular weight excluding hydrogens is 1250 g/mol. The molecule has 0 rings (SSSR count). The molecule has 0 aliphatic rings. The zero-order valence-corrected chi connectivity index (χ0v) is 64.1. The van der Waals surface area contributed by atoms with Crippen LogP contribution in [0.15, 0.2) is 0 Å². The normalized spacial score (nSPS) is 14.4. The van der Waals surface area contributed by atoms with Crippen molar-refractivity contribution in [2.75, 3.05) is 39.6 Å². The monoisotopic (exact) mass is 1400 g/mol. The molecule has 4 unspecified atom stereocenters. The third-order valence-corrected chi connectivity index (χ3v) is 19.8. The third-order valence-electron chi connectivity index (χ3n) is 17.9. The van der Waals surface area contributed by atoms with Crippen LogP contribution in [0.25, 0.3) is 0 Å². The van der Waals surface area contributed by atoms with Crippen LogP contribution in [0.3, 0.4) is 0 Å². The topological polar surface area (TPSA) is 237 Å². The van der Waals surface area contributed by atoms with Crippen LogP contribution in [0.2, 0.25) is 0 Å². The Morgan fingerprint density at radius 1 is 0.295 bits per heavy atom. The van der Waals surface area contributed by atoms with Gasteiger partial charge >= 0.3 is 39.5 Å². The molecule has 19 heteroatoms. The summed E-state index contributed by atoms with van der Waals surface area (Å²) in [5.74, 6) is 0.932. The maximum Gasteiger partial charge on any atom is 0.472 e. The standard InChI is InChI=1S/C76H148O17P2/c1-9-69(8)55-47-39-31-25-26-34-43-51-59-76(81)93-71(62-86-73(78)56-48-40-32-23-20-16-18-22-29-37-45-53-67(4)5)64-90-94(82,83)88-60-70(77)61-89-95(84,85)91-65-72(63-87-74(79)57-49-41-35-27-30-38-46-54-68(6)7)92-75(80)58-50-42-33-24-19-15-13-11-10-12-14-17-21-28-36-44-52-66(2)3/h66-72,77H,9-65H2,1-8H3,(H,82,83)(H,84,85)/t69?,70?,71-,72-/m1/s1. The fraction of sp³-hybridized carbons (Fsp3) is 0.947. The van der Waals surface area contributed by atoms with E-state index in [1.54, 1.807) is 0 Å². The smallest absolute Gasteiger partial charge is 0.462 e. The van der Waals surface area contributed by atoms with Gasteiger partial charge in [-0.1, -0.05) is 331 Å². The van der Waals surface area contributed by atoms with Gasteiger partial charge in [-0.25, -0.2) is 9.13 Å². The summed E-state index contributed by atoms with van der Waals surface area (Å²) in [7, 11) is -9.91. The zero-order valence-electron chi connectivity index (χ0n) is 62.3. The maximum atomic E-state index is 13.1. The van der Waals surface area contributed by atoms with Crippen molar-refractivity contribution in [2.45, 2.75) is 401 Å². The largest absolute Gasteiger partial charge is 0.472 e. The number of aliphatic hydroxyl groups excluding tert-OH is 1. The second kappa shape index (κ2) is 65.4. The molecule has 0 saturated carbocycles. The van der Waals surface area contributed by atoms with Gasteiger partial charge in [0.05, 0.1) is 26.4 Å². The Kier molecular flexibility index (Phi) is 64.0. The van der Waals surface area contributed by atoms with Crippen molar-refractivity contribution in [3.63, 3.8) is 0 Å². The summed E-state index contributed by atoms with van der Waals surface area (Å²) in [6.07, 6.45) is 50.0. The van der Waals surface area contributed by atoms with E-state index in [4.69, 9.17) is 37.0 Å². The Balaban J connectivity index is 5.22. The minimum absolute atomic E-state index is 0.104. The van der Waals surface area contributed by atoms with Crippen molar-refractivity contribution in [3.05, 3.63) is 0 Å². The van der Waals surface area contributed by atoms with E-state index in [-0.39, 0.29) is 25.7 Å². The molecule has 17 nitrogen and oxygen atoms in total. The zero-order chi connectivity index (χ0) is 70.3. The van der Waals surface area contributed by atoms with Crippen LogP contribution in [0.5, 0.6) is 0 Å². The van der Waals surface area contributed by atoms with Gasteiger partial charge in [-0.05, 0) is 49.4 Å². The summed E-state index contributed by atoms with van der Waals surface area (Å²) >= 11 is 0. The van der Waals surface area contributed by atoms with Gasteiger partial charge in [-0.3, -0.25) is 37.3 Å². The third kappa shape index (κ3) is 69.0. The highest BCUT2D eigenvalue weighted by Crippen LogP contribution is 2.45. The van der Waals surface area contributed by atoms with Gasteiger partial charge in [0.1, 0.15) is 19.3 Å². The van der Waals surface area contributed by atoms with Crippen LogP contribution in [-0.2, 0) is 65.4 Å². The first-order valence-electron chi connectivity index (χ1n) is 39.2. The van der Waals surface area contributed by atoms with Crippen LogP contribution >= 0.6 is 15.6 Å². The van der Waals surface area contributed by atoms with Crippen LogP contribution in [0.1, 0.15) is 383 Å². The minimum Gasteiger partial charge on any atom is -0.462 e. The molecule has 0 aromatic carbocycles. The number of esters is 4. The van der Waals surface area contributed by atoms with E-state index in [0.29, 0.717) is 31.6 Å². The predicted octanol–water partition coefficient (Wildman–Crippen LogP) is 22.0. The number of rotatable bonds is 73. The van der Waals surface area contributed by atoms with Gasteiger partial charge in [0.2, 0.25) is 0 Å². The molecule has 0 aromatic heterocycles. The molecule has 0 spiro atoms. The number of carbonyl (C=O) groups excluding carboxylic acids is 4. The lowest BCUT2D eigenvalue weighted by molar-refractivity contribution is -0.161. The van der Waals surface area contributed by atoms with Crippen LogP contribution in [0, 0.1) is 23.7 Å². The second-order valence-electron chi connectivity index (χ2n) is 29.1. The molecule has 0 fully saturated rings. The lowest BCUT2D eigenvalue weighted by Crippen LogP contribution is -2.30. The fourth-order valence-electron chi connectivity index (χ4n) is 11.5. The predicted molar refractivity (Wildman–Crippen MR) is 386 cm³/mol. The van der Waals surface area contributed by atoms with Crippen molar-refractivity contribution < 1.29 is 80.2 Å². The molecule has 0 heterocycles. The van der Waals surface area contributed by atoms with E-state index < -0.39 is 97.5 Å². The lowest BCUT2D eigenvalue weighted by Gasteiger charge is -2.21. The molecule has 3 N–H and O–H groups in total. The van der Waals surface area contributed by atoms with Gasteiger partial charge in [-0.2, -0.15) is 0 Å². The van der Waals surface area contributed by atoms with Gasteiger partial charge in [-0.15, -0.1) is 0 Å². The maximum absolute atomic E-state index is 13.1. The summed E-state index contributed by atoms with van der Waals surface area (Å²) in [5.41, 5.74) is 0. The molecule has 6 atom stereocenters. The van der Waals surface area contributed by atoms with Gasteiger partial charge in [0.25, 0.3) is 0 Å². The Labute approximate surface area is 581 Å². The highest BCUT2D eigenvalue weighted by molar-refractivity contribution is 7.47. The van der Waals surface area contributed by atoms with Gasteiger partial charge in [0.15, 0.2) is 12.2 Å². The Morgan fingerprint density at radius 3 is 0.747 bits per heavy atom. The van der Waals surface area contributed by atoms with E-state index in [2.05, 4.69) is 55.4 Å². The van der Waals surface area contributed by atoms with Crippen LogP contribution < -0.4 is 0 Å². The number of hydrogen-bond acceptors (Lipinski definition) is 15. The summed E-state index contributed by atoms with van der Waals surface area (Å²) in [6.45, 7) is 14.2. The lowest BCUT2D eigenvalue weighted by atomic mass is 9.99. The fourth-order valence-corrected chi connectivity index (χ4v) is 13.1. The quantitative estimate of drug-likeness (QED) is 0.0222.